The number of carbonyl (C=O) groups is 2. The van der Waals surface area contributed by atoms with Crippen molar-refractivity contribution in [3.63, 3.8) is 0 Å². The molecule has 1 unspecified atom stereocenters. The average molecular weight is 253 g/mol. The number of likely N-dealkylation sites (tertiary alicyclic amines) is 1. The number of thiol groups is 1. The van der Waals surface area contributed by atoms with Crippen LogP contribution in [-0.2, 0) is 18.0 Å². The normalized spacial score (nSPS) is 22.3. The lowest BCUT2D eigenvalue weighted by atomic mass is 10.4. The fourth-order valence-electron chi connectivity index (χ4n) is 1.31. The van der Waals surface area contributed by atoms with E-state index in [1.54, 1.807) is 0 Å². The second kappa shape index (κ2) is 6.37. The maximum absolute atomic E-state index is 11.7. The predicted molar refractivity (Wildman–Crippen MR) is 59.3 cm³/mol. The van der Waals surface area contributed by atoms with Crippen molar-refractivity contribution in [3.05, 3.63) is 0 Å². The van der Waals surface area contributed by atoms with Crippen LogP contribution < -0.4 is 0 Å². The number of nitrogens with zero attached hydrogens (tertiary/aromatic N) is 1. The van der Waals surface area contributed by atoms with Crippen molar-refractivity contribution in [3.8, 4) is 0 Å². The number of rotatable bonds is 7. The molecular formula is C8H13NO4S2. The van der Waals surface area contributed by atoms with Gasteiger partial charge in [-0.15, -0.1) is 0 Å². The van der Waals surface area contributed by atoms with E-state index in [9.17, 15) is 9.59 Å². The molecule has 1 saturated heterocycles. The monoisotopic (exact) mass is 253 g/mol. The zero-order valence-corrected chi connectivity index (χ0v) is 9.94. The van der Waals surface area contributed by atoms with Crippen LogP contribution in [0.15, 0.2) is 0 Å². The third-order valence-electron chi connectivity index (χ3n) is 2.02. The minimum Gasteiger partial charge on any atom is -0.380 e. The Labute approximate surface area is 99.4 Å². The van der Waals surface area contributed by atoms with Gasteiger partial charge in [0.1, 0.15) is 6.37 Å². The smallest absolute Gasteiger partial charge is 0.245 e. The summed E-state index contributed by atoms with van der Waals surface area (Å²) in [6, 6.07) is 0. The molecule has 1 aliphatic rings. The van der Waals surface area contributed by atoms with Crippen LogP contribution in [0, 0.1) is 0 Å². The van der Waals surface area contributed by atoms with Crippen LogP contribution in [-0.4, -0.2) is 42.8 Å². The number of imide groups is 1. The summed E-state index contributed by atoms with van der Waals surface area (Å²) in [7, 11) is 0. The number of carbonyl (C=O) groups excluding carboxylic acids is 2. The summed E-state index contributed by atoms with van der Waals surface area (Å²) < 4.78 is 16.5. The molecule has 1 heterocycles. The summed E-state index contributed by atoms with van der Waals surface area (Å²) in [6.45, 7) is 3.06. The van der Waals surface area contributed by atoms with Crippen molar-refractivity contribution >= 4 is 36.7 Å². The van der Waals surface area contributed by atoms with E-state index in [2.05, 4.69) is 3.63 Å². The fourth-order valence-corrected chi connectivity index (χ4v) is 2.11. The topological polar surface area (TPSA) is 55.8 Å². The molecule has 2 amide bonds. The highest BCUT2D eigenvalue weighted by Gasteiger charge is 2.39. The molecule has 86 valence electrons. The van der Waals surface area contributed by atoms with Crippen LogP contribution in [0.2, 0.25) is 0 Å². The van der Waals surface area contributed by atoms with Gasteiger partial charge in [-0.2, -0.15) is 0 Å². The van der Waals surface area contributed by atoms with Crippen LogP contribution in [0.25, 0.3) is 0 Å². The van der Waals surface area contributed by atoms with Gasteiger partial charge in [-0.3, -0.25) is 14.5 Å². The molecule has 0 spiro atoms. The number of hydrogen-bond donors (Lipinski definition) is 1. The third kappa shape index (κ3) is 3.37. The van der Waals surface area contributed by atoms with Gasteiger partial charge in [0.2, 0.25) is 11.8 Å². The van der Waals surface area contributed by atoms with Gasteiger partial charge in [-0.1, -0.05) is 0 Å². The van der Waals surface area contributed by atoms with Crippen LogP contribution >= 0.6 is 24.9 Å². The Morgan fingerprint density at radius 3 is 3.20 bits per heavy atom. The van der Waals surface area contributed by atoms with Crippen LogP contribution in [0.3, 0.4) is 0 Å². The molecule has 1 atom stereocenters. The predicted octanol–water partition coefficient (Wildman–Crippen LogP) is 0.660. The first-order valence-corrected chi connectivity index (χ1v) is 5.71. The van der Waals surface area contributed by atoms with E-state index in [0.717, 1.165) is 12.0 Å². The first-order valence-electron chi connectivity index (χ1n) is 4.98. The molecule has 0 aromatic carbocycles. The quantitative estimate of drug-likeness (QED) is 0.313. The van der Waals surface area contributed by atoms with Crippen LogP contribution in [0.4, 0.5) is 0 Å². The largest absolute Gasteiger partial charge is 0.380 e. The summed E-state index contributed by atoms with van der Waals surface area (Å²) in [5, 5.41) is -0.521. The molecule has 0 aliphatic carbocycles. The molecule has 0 saturated carbocycles. The van der Waals surface area contributed by atoms with E-state index in [1.165, 1.54) is 4.90 Å². The fraction of sp³-hybridized carbons (Fsp3) is 0.750. The van der Waals surface area contributed by atoms with Crippen molar-refractivity contribution in [1.82, 2.24) is 4.90 Å². The van der Waals surface area contributed by atoms with Gasteiger partial charge in [0.05, 0.1) is 19.6 Å². The third-order valence-corrected chi connectivity index (χ3v) is 2.94. The highest BCUT2D eigenvalue weighted by molar-refractivity contribution is 8.02. The zero-order chi connectivity index (χ0) is 12.0. The zero-order valence-electron chi connectivity index (χ0n) is 9.30. The second-order valence-electron chi connectivity index (χ2n) is 2.94. The van der Waals surface area contributed by atoms with E-state index in [1.807, 2.05) is 6.92 Å². The summed E-state index contributed by atoms with van der Waals surface area (Å²) in [4.78, 5) is 24.4. The minimum atomic E-state index is -0.521. The summed E-state index contributed by atoms with van der Waals surface area (Å²) >= 11 is 1.28. The highest BCUT2D eigenvalue weighted by Crippen LogP contribution is 2.26. The molecule has 0 aromatic heterocycles. The maximum atomic E-state index is 11.7. The van der Waals surface area contributed by atoms with E-state index < -0.39 is 5.25 Å². The van der Waals surface area contributed by atoms with Crippen molar-refractivity contribution in [2.75, 3.05) is 19.8 Å². The first kappa shape index (κ1) is 11.3. The van der Waals surface area contributed by atoms with Crippen molar-refractivity contribution < 1.29 is 18.0 Å². The van der Waals surface area contributed by atoms with Gasteiger partial charge in [0.15, 0.2) is 0 Å². The molecule has 0 bridgehead atoms. The molecular weight excluding hydrogens is 238 g/mol. The van der Waals surface area contributed by atoms with Gasteiger partial charge in [0, 0.05) is 18.6 Å². The summed E-state index contributed by atoms with van der Waals surface area (Å²) in [5.41, 5.74) is 0. The Balaban J connectivity index is 2.41. The van der Waals surface area contributed by atoms with Gasteiger partial charge < -0.3 is 4.74 Å². The lowest BCUT2D eigenvalue weighted by Gasteiger charge is -2.13. The first-order chi connectivity index (χ1) is 7.70. The Morgan fingerprint density at radius 2 is 2.53 bits per heavy atom. The van der Waals surface area contributed by atoms with Gasteiger partial charge >= 0.3 is 0 Å². The number of ether oxygens (including phenoxy) is 1. The lowest BCUT2D eigenvalue weighted by molar-refractivity contribution is -0.139. The van der Waals surface area contributed by atoms with Crippen LogP contribution in [0.5, 0.6) is 0 Å². The number of amides is 2. The Morgan fingerprint density at radius 1 is 1.73 bits per heavy atom. The Kier molecular flexibility index (Phi) is 4.78. The molecule has 0 N–H and O–H groups in total. The van der Waals surface area contributed by atoms with Crippen LogP contribution in [0.1, 0.15) is 13.3 Å². The van der Waals surface area contributed by atoms with Gasteiger partial charge in [-0.05, 0) is 19.7 Å². The molecule has 15 heavy (non-hydrogen) atoms. The molecule has 7 heteroatoms. The van der Waals surface area contributed by atoms with E-state index in [-0.39, 0.29) is 24.8 Å². The highest BCUT2D eigenvalue weighted by atomic mass is 32.2. The standard InChI is InChI=1S/C8H13NO4S2/c1-2-12-4-3-9-7(10)5-6(8(9)11)15-13-14/h6,14H,2-5H2,1H3/i/hT. The molecule has 1 aliphatic heterocycles. The van der Waals surface area contributed by atoms with Crippen molar-refractivity contribution in [2.24, 2.45) is 0 Å². The van der Waals surface area contributed by atoms with Crippen molar-refractivity contribution in [2.45, 2.75) is 18.6 Å². The maximum Gasteiger partial charge on any atom is 0.245 e. The molecule has 1 fully saturated rings. The molecule has 5 nitrogen and oxygen atoms in total. The number of hydrogen-bond acceptors (Lipinski definition) is 6. The van der Waals surface area contributed by atoms with Crippen molar-refractivity contribution in [1.29, 1.82) is 1.12 Å². The minimum absolute atomic E-state index is 0.135. The van der Waals surface area contributed by atoms with E-state index >= 15 is 0 Å². The summed E-state index contributed by atoms with van der Waals surface area (Å²) in [5.74, 6) is -0.468. The van der Waals surface area contributed by atoms with E-state index in [0.29, 0.717) is 26.0 Å². The Bertz CT molecular complexity index is 266. The SMILES string of the molecule is [3H]SOSC1CC(=O)N(CCOCC)C1=O. The van der Waals surface area contributed by atoms with Gasteiger partial charge in [-0.25, -0.2) is 3.63 Å². The Hall–Kier alpha value is -0.240. The average Bonchev–Trinajstić information content (AvgIpc) is 2.54. The molecule has 0 aromatic rings. The summed E-state index contributed by atoms with van der Waals surface area (Å²) in [6.07, 6.45) is 0.135. The van der Waals surface area contributed by atoms with E-state index in [4.69, 9.17) is 5.86 Å². The molecule has 1 rings (SSSR count). The second-order valence-corrected chi connectivity index (χ2v) is 4.24. The lowest BCUT2D eigenvalue weighted by Crippen LogP contribution is -2.34. The molecule has 0 radical (unpaired) electrons. The van der Waals surface area contributed by atoms with Gasteiger partial charge in [0.25, 0.3) is 0 Å².